The molecule has 2 rings (SSSR count). The second kappa shape index (κ2) is 7.27. The molecule has 0 saturated heterocycles. The van der Waals surface area contributed by atoms with Crippen LogP contribution in [0.25, 0.3) is 4.98 Å². The van der Waals surface area contributed by atoms with Crippen LogP contribution in [0.1, 0.15) is 65.5 Å². The first-order chi connectivity index (χ1) is 11.7. The maximum Gasteiger partial charge on any atom is 0.385 e. The number of nitrogens with zero attached hydrogens (tertiary/aromatic N) is 2. The molecule has 0 heterocycles. The quantitative estimate of drug-likeness (QED) is 0.517. The molecule has 0 atom stereocenters. The van der Waals surface area contributed by atoms with Crippen molar-refractivity contribution in [2.75, 3.05) is 0 Å². The van der Waals surface area contributed by atoms with Gasteiger partial charge in [0.15, 0.2) is 4.98 Å². The summed E-state index contributed by atoms with van der Waals surface area (Å²) in [6.07, 6.45) is 2.12. The van der Waals surface area contributed by atoms with Crippen LogP contribution < -0.4 is 4.74 Å². The van der Waals surface area contributed by atoms with Crippen molar-refractivity contribution < 1.29 is 4.74 Å². The molecule has 3 nitrogen and oxygen atoms in total. The second-order valence-corrected chi connectivity index (χ2v) is 7.88. The average Bonchev–Trinajstić information content (AvgIpc) is 2.62. The monoisotopic (exact) mass is 337 g/mol. The third kappa shape index (κ3) is 4.20. The van der Waals surface area contributed by atoms with Crippen molar-refractivity contribution in [1.29, 1.82) is 5.39 Å². The van der Waals surface area contributed by atoms with Crippen LogP contribution in [0.15, 0.2) is 42.5 Å². The molecule has 0 aliphatic carbocycles. The Balaban J connectivity index is 2.47. The van der Waals surface area contributed by atoms with Gasteiger partial charge in [0.2, 0.25) is 5.39 Å². The molecule has 0 bridgehead atoms. The molecule has 25 heavy (non-hydrogen) atoms. The van der Waals surface area contributed by atoms with Crippen LogP contribution in [-0.4, -0.2) is 0 Å². The van der Waals surface area contributed by atoms with Gasteiger partial charge in [-0.3, -0.25) is 0 Å². The van der Waals surface area contributed by atoms with Crippen molar-refractivity contribution >= 4 is 5.69 Å². The molecule has 0 unspecified atom stereocenters. The van der Waals surface area contributed by atoms with Gasteiger partial charge in [0, 0.05) is 17.7 Å². The first-order valence-electron chi connectivity index (χ1n) is 9.01. The first-order valence-corrected chi connectivity index (χ1v) is 9.01. The van der Waals surface area contributed by atoms with Crippen LogP contribution in [0.2, 0.25) is 0 Å². The molecule has 132 valence electrons. The Morgan fingerprint density at radius 2 is 1.48 bits per heavy atom. The number of diazo groups is 1. The van der Waals surface area contributed by atoms with Crippen LogP contribution in [-0.2, 0) is 10.8 Å². The Kier molecular flexibility index (Phi) is 5.52. The van der Waals surface area contributed by atoms with E-state index in [-0.39, 0.29) is 10.8 Å². The smallest absolute Gasteiger partial charge is 0.385 e. The Morgan fingerprint density at radius 3 is 2.00 bits per heavy atom. The molecule has 0 aliphatic rings. The normalized spacial score (nSPS) is 11.9. The van der Waals surface area contributed by atoms with E-state index in [0.717, 1.165) is 24.3 Å². The molecule has 0 radical (unpaired) electrons. The molecular formula is C22H29N2O+. The number of rotatable bonds is 6. The Labute approximate surface area is 151 Å². The Morgan fingerprint density at radius 1 is 0.880 bits per heavy atom. The van der Waals surface area contributed by atoms with E-state index in [9.17, 15) is 0 Å². The summed E-state index contributed by atoms with van der Waals surface area (Å²) in [7, 11) is 0. The number of hydrogen-bond donors (Lipinski definition) is 0. The highest BCUT2D eigenvalue weighted by molar-refractivity contribution is 5.49. The predicted octanol–water partition coefficient (Wildman–Crippen LogP) is 7.34. The van der Waals surface area contributed by atoms with E-state index in [0.29, 0.717) is 5.69 Å². The zero-order chi connectivity index (χ0) is 18.7. The zero-order valence-electron chi connectivity index (χ0n) is 16.3. The van der Waals surface area contributed by atoms with E-state index < -0.39 is 0 Å². The molecule has 2 aromatic rings. The van der Waals surface area contributed by atoms with Gasteiger partial charge in [-0.2, -0.15) is 0 Å². The minimum absolute atomic E-state index is 0.0234. The van der Waals surface area contributed by atoms with E-state index >= 15 is 0 Å². The summed E-state index contributed by atoms with van der Waals surface area (Å²) < 4.78 is 6.18. The fourth-order valence-electron chi connectivity index (χ4n) is 2.67. The van der Waals surface area contributed by atoms with Gasteiger partial charge in [-0.05, 0) is 47.4 Å². The van der Waals surface area contributed by atoms with Gasteiger partial charge in [-0.1, -0.05) is 53.7 Å². The lowest BCUT2D eigenvalue weighted by Gasteiger charge is -2.30. The van der Waals surface area contributed by atoms with Gasteiger partial charge in [0.1, 0.15) is 11.5 Å². The minimum atomic E-state index is 0.0234. The zero-order valence-corrected chi connectivity index (χ0v) is 16.3. The fraction of sp³-hybridized carbons (Fsp3) is 0.455. The van der Waals surface area contributed by atoms with E-state index in [2.05, 4.69) is 64.7 Å². The molecule has 0 aliphatic heterocycles. The van der Waals surface area contributed by atoms with Crippen molar-refractivity contribution in [2.24, 2.45) is 0 Å². The summed E-state index contributed by atoms with van der Waals surface area (Å²) >= 11 is 0. The van der Waals surface area contributed by atoms with E-state index in [1.54, 1.807) is 12.1 Å². The van der Waals surface area contributed by atoms with Crippen molar-refractivity contribution in [1.82, 2.24) is 0 Å². The van der Waals surface area contributed by atoms with Gasteiger partial charge in [0.05, 0.1) is 0 Å². The van der Waals surface area contributed by atoms with Crippen LogP contribution in [0.3, 0.4) is 0 Å². The largest absolute Gasteiger partial charge is 0.457 e. The van der Waals surface area contributed by atoms with Crippen molar-refractivity contribution in [2.45, 2.75) is 65.2 Å². The second-order valence-electron chi connectivity index (χ2n) is 7.88. The molecule has 0 spiro atoms. The van der Waals surface area contributed by atoms with E-state index in [1.807, 2.05) is 12.1 Å². The first kappa shape index (κ1) is 19.0. The average molecular weight is 337 g/mol. The van der Waals surface area contributed by atoms with Gasteiger partial charge in [-0.25, -0.2) is 0 Å². The van der Waals surface area contributed by atoms with Gasteiger partial charge >= 0.3 is 5.69 Å². The van der Waals surface area contributed by atoms with Gasteiger partial charge < -0.3 is 4.74 Å². The minimum Gasteiger partial charge on any atom is -0.457 e. The highest BCUT2D eigenvalue weighted by Crippen LogP contribution is 2.40. The lowest BCUT2D eigenvalue weighted by atomic mass is 9.76. The summed E-state index contributed by atoms with van der Waals surface area (Å²) in [6, 6.07) is 13.7. The molecule has 0 N–H and O–H groups in total. The number of benzene rings is 2. The standard InChI is InChI=1S/C22H29N2O/c1-7-21(3,4)16-9-14-20(19(15-16)22(5,6)8-2)25-18-12-10-17(24-23)11-13-18/h9-15H,7-8H2,1-6H3/q+1. The lowest BCUT2D eigenvalue weighted by Crippen LogP contribution is -2.20. The summed E-state index contributed by atoms with van der Waals surface area (Å²) in [5, 5.41) is 8.82. The van der Waals surface area contributed by atoms with Crippen molar-refractivity contribution in [3.05, 3.63) is 58.6 Å². The van der Waals surface area contributed by atoms with Crippen molar-refractivity contribution in [3.8, 4) is 11.5 Å². The van der Waals surface area contributed by atoms with Crippen molar-refractivity contribution in [3.63, 3.8) is 0 Å². The topological polar surface area (TPSA) is 37.4 Å². The third-order valence-electron chi connectivity index (χ3n) is 5.44. The Bertz CT molecular complexity index is 768. The fourth-order valence-corrected chi connectivity index (χ4v) is 2.67. The maximum absolute atomic E-state index is 8.82. The Hall–Kier alpha value is -2.34. The van der Waals surface area contributed by atoms with Gasteiger partial charge in [0.25, 0.3) is 0 Å². The summed E-state index contributed by atoms with van der Waals surface area (Å²) in [5.74, 6) is 1.62. The highest BCUT2D eigenvalue weighted by Gasteiger charge is 2.26. The summed E-state index contributed by atoms with van der Waals surface area (Å²) in [4.78, 5) is 3.18. The highest BCUT2D eigenvalue weighted by atomic mass is 16.5. The SMILES string of the molecule is CCC(C)(C)c1ccc(Oc2ccc([N+]#N)cc2)c(C(C)(C)CC)c1. The van der Waals surface area contributed by atoms with E-state index in [1.165, 1.54) is 11.1 Å². The summed E-state index contributed by atoms with van der Waals surface area (Å²) in [6.45, 7) is 13.5. The lowest BCUT2D eigenvalue weighted by molar-refractivity contribution is 0.432. The number of hydrogen-bond acceptors (Lipinski definition) is 2. The molecule has 0 fully saturated rings. The third-order valence-corrected chi connectivity index (χ3v) is 5.44. The van der Waals surface area contributed by atoms with Crippen LogP contribution >= 0.6 is 0 Å². The van der Waals surface area contributed by atoms with Gasteiger partial charge in [-0.15, -0.1) is 0 Å². The summed E-state index contributed by atoms with van der Waals surface area (Å²) in [5.41, 5.74) is 3.25. The van der Waals surface area contributed by atoms with E-state index in [4.69, 9.17) is 10.1 Å². The number of ether oxygens (including phenoxy) is 1. The molecule has 3 heteroatoms. The van der Waals surface area contributed by atoms with Crippen LogP contribution in [0, 0.1) is 5.39 Å². The molecule has 2 aromatic carbocycles. The molecule has 0 aromatic heterocycles. The predicted molar refractivity (Wildman–Crippen MR) is 104 cm³/mol. The molecular weight excluding hydrogens is 308 g/mol. The molecule has 0 saturated carbocycles. The molecule has 0 amide bonds. The van der Waals surface area contributed by atoms with Crippen LogP contribution in [0.5, 0.6) is 11.5 Å². The van der Waals surface area contributed by atoms with Crippen LogP contribution in [0.4, 0.5) is 5.69 Å². The maximum atomic E-state index is 8.82.